The van der Waals surface area contributed by atoms with Crippen LogP contribution >= 0.6 is 0 Å². The Morgan fingerprint density at radius 3 is 2.63 bits per heavy atom. The van der Waals surface area contributed by atoms with Crippen molar-refractivity contribution < 1.29 is 18.3 Å². The van der Waals surface area contributed by atoms with E-state index < -0.39 is 12.5 Å². The molecule has 8 heteroatoms. The van der Waals surface area contributed by atoms with Gasteiger partial charge in [-0.05, 0) is 55.7 Å². The number of rotatable bonds is 9. The first-order chi connectivity index (χ1) is 18.2. The lowest BCUT2D eigenvalue weighted by atomic mass is 9.78. The van der Waals surface area contributed by atoms with Gasteiger partial charge in [0.1, 0.15) is 0 Å². The maximum atomic E-state index is 13.1. The summed E-state index contributed by atoms with van der Waals surface area (Å²) >= 11 is 0. The molecule has 3 heterocycles. The van der Waals surface area contributed by atoms with Gasteiger partial charge in [0, 0.05) is 68.8 Å². The van der Waals surface area contributed by atoms with Crippen LogP contribution in [0, 0.1) is 11.8 Å². The number of fused-ring (bicyclic) bond motifs is 2. The van der Waals surface area contributed by atoms with Crippen LogP contribution in [0.2, 0.25) is 0 Å². The number of ketones is 1. The molecule has 0 radical (unpaired) electrons. The molecular formula is C30H38F2N4O2. The van der Waals surface area contributed by atoms with Gasteiger partial charge in [-0.25, -0.2) is 13.8 Å². The SMILES string of the molecule is Cn1cc2ccc(C(=O)CC3CCC(CCN4CCc5ccc(OCC(C)(F)F)nc5CC4)CC3)cc2n1. The van der Waals surface area contributed by atoms with Crippen LogP contribution in [-0.2, 0) is 19.9 Å². The predicted molar refractivity (Wildman–Crippen MR) is 144 cm³/mol. The number of ether oxygens (including phenoxy) is 1. The largest absolute Gasteiger partial charge is 0.471 e. The van der Waals surface area contributed by atoms with Gasteiger partial charge in [-0.2, -0.15) is 5.10 Å². The Morgan fingerprint density at radius 1 is 1.08 bits per heavy atom. The molecule has 0 atom stereocenters. The van der Waals surface area contributed by atoms with Gasteiger partial charge in [0.25, 0.3) is 5.92 Å². The molecule has 5 rings (SSSR count). The zero-order valence-corrected chi connectivity index (χ0v) is 22.5. The van der Waals surface area contributed by atoms with Gasteiger partial charge in [0.05, 0.1) is 5.52 Å². The Balaban J connectivity index is 1.04. The monoisotopic (exact) mass is 524 g/mol. The van der Waals surface area contributed by atoms with E-state index in [0.29, 0.717) is 18.3 Å². The number of carbonyl (C=O) groups excluding carboxylic acids is 1. The van der Waals surface area contributed by atoms with Gasteiger partial charge in [-0.3, -0.25) is 9.48 Å². The average molecular weight is 525 g/mol. The number of aryl methyl sites for hydroxylation is 1. The van der Waals surface area contributed by atoms with Crippen molar-refractivity contribution in [3.8, 4) is 5.88 Å². The minimum Gasteiger partial charge on any atom is -0.471 e. The van der Waals surface area contributed by atoms with Crippen LogP contribution in [0.3, 0.4) is 0 Å². The summed E-state index contributed by atoms with van der Waals surface area (Å²) < 4.78 is 33.2. The van der Waals surface area contributed by atoms with Crippen LogP contribution < -0.4 is 4.74 Å². The summed E-state index contributed by atoms with van der Waals surface area (Å²) in [7, 11) is 1.90. The third-order valence-corrected chi connectivity index (χ3v) is 8.12. The molecule has 1 aliphatic carbocycles. The van der Waals surface area contributed by atoms with E-state index in [1.165, 1.54) is 24.8 Å². The van der Waals surface area contributed by atoms with E-state index in [1.807, 2.05) is 37.5 Å². The fourth-order valence-corrected chi connectivity index (χ4v) is 5.90. The predicted octanol–water partition coefficient (Wildman–Crippen LogP) is 5.87. The molecule has 0 saturated heterocycles. The van der Waals surface area contributed by atoms with Gasteiger partial charge >= 0.3 is 0 Å². The van der Waals surface area contributed by atoms with Gasteiger partial charge < -0.3 is 9.64 Å². The molecule has 3 aromatic rings. The summed E-state index contributed by atoms with van der Waals surface area (Å²) in [6.45, 7) is 3.19. The van der Waals surface area contributed by atoms with Crippen molar-refractivity contribution in [3.63, 3.8) is 0 Å². The maximum absolute atomic E-state index is 13.1. The molecule has 204 valence electrons. The first-order valence-electron chi connectivity index (χ1n) is 13.9. The molecule has 0 unspecified atom stereocenters. The number of pyridine rings is 1. The van der Waals surface area contributed by atoms with Crippen LogP contribution in [0.1, 0.15) is 67.1 Å². The smallest absolute Gasteiger partial charge is 0.278 e. The number of halogens is 2. The molecule has 1 fully saturated rings. The Labute approximate surface area is 223 Å². The minimum absolute atomic E-state index is 0.232. The summed E-state index contributed by atoms with van der Waals surface area (Å²) in [5.41, 5.74) is 3.81. The molecule has 38 heavy (non-hydrogen) atoms. The number of Topliss-reactive ketones (excluding diaryl/α,β-unsaturated/α-hetero) is 1. The number of aromatic nitrogens is 3. The molecule has 0 amide bonds. The van der Waals surface area contributed by atoms with E-state index in [1.54, 1.807) is 10.7 Å². The Morgan fingerprint density at radius 2 is 1.84 bits per heavy atom. The van der Waals surface area contributed by atoms with E-state index in [2.05, 4.69) is 15.0 Å². The highest BCUT2D eigenvalue weighted by atomic mass is 19.3. The quantitative estimate of drug-likeness (QED) is 0.328. The zero-order valence-electron chi connectivity index (χ0n) is 22.5. The fourth-order valence-electron chi connectivity index (χ4n) is 5.90. The van der Waals surface area contributed by atoms with E-state index in [0.717, 1.165) is 74.4 Å². The number of carbonyl (C=O) groups is 1. The normalized spacial score (nSPS) is 20.7. The second-order valence-corrected chi connectivity index (χ2v) is 11.3. The highest BCUT2D eigenvalue weighted by Crippen LogP contribution is 2.34. The van der Waals surface area contributed by atoms with Crippen molar-refractivity contribution in [2.24, 2.45) is 18.9 Å². The number of hydrogen-bond acceptors (Lipinski definition) is 5. The molecule has 2 aromatic heterocycles. The van der Waals surface area contributed by atoms with Crippen LogP contribution in [0.4, 0.5) is 8.78 Å². The van der Waals surface area contributed by atoms with Crippen molar-refractivity contribution in [3.05, 3.63) is 53.3 Å². The lowest BCUT2D eigenvalue weighted by Crippen LogP contribution is -2.29. The fraction of sp³-hybridized carbons (Fsp3) is 0.567. The molecule has 0 N–H and O–H groups in total. The minimum atomic E-state index is -2.87. The number of alkyl halides is 2. The second-order valence-electron chi connectivity index (χ2n) is 11.3. The lowest BCUT2D eigenvalue weighted by molar-refractivity contribution is -0.0243. The molecule has 1 aliphatic heterocycles. The second kappa shape index (κ2) is 11.5. The average Bonchev–Trinajstić information content (AvgIpc) is 3.14. The first-order valence-corrected chi connectivity index (χ1v) is 13.9. The van der Waals surface area contributed by atoms with Crippen molar-refractivity contribution >= 4 is 16.7 Å². The van der Waals surface area contributed by atoms with Crippen LogP contribution in [0.5, 0.6) is 5.88 Å². The van der Waals surface area contributed by atoms with Crippen molar-refractivity contribution in [1.29, 1.82) is 0 Å². The summed E-state index contributed by atoms with van der Waals surface area (Å²) in [4.78, 5) is 19.9. The molecule has 0 spiro atoms. The van der Waals surface area contributed by atoms with Gasteiger partial charge in [-0.15, -0.1) is 0 Å². The number of nitrogens with zero attached hydrogens (tertiary/aromatic N) is 4. The van der Waals surface area contributed by atoms with E-state index in [-0.39, 0.29) is 11.7 Å². The first kappa shape index (κ1) is 26.7. The molecule has 2 aliphatic rings. The van der Waals surface area contributed by atoms with Crippen molar-refractivity contribution in [1.82, 2.24) is 19.7 Å². The Kier molecular flexibility index (Phi) is 8.07. The highest BCUT2D eigenvalue weighted by molar-refractivity contribution is 5.99. The molecule has 1 saturated carbocycles. The Bertz CT molecular complexity index is 1260. The van der Waals surface area contributed by atoms with Crippen LogP contribution in [-0.4, -0.2) is 57.6 Å². The van der Waals surface area contributed by atoms with Crippen molar-refractivity contribution in [2.45, 2.75) is 64.2 Å². The molecule has 6 nitrogen and oxygen atoms in total. The molecular weight excluding hydrogens is 486 g/mol. The lowest BCUT2D eigenvalue weighted by Gasteiger charge is -2.30. The molecule has 1 aromatic carbocycles. The molecule has 0 bridgehead atoms. The third kappa shape index (κ3) is 6.95. The topological polar surface area (TPSA) is 60.2 Å². The zero-order chi connectivity index (χ0) is 26.7. The number of benzene rings is 1. The summed E-state index contributed by atoms with van der Waals surface area (Å²) in [6, 6.07) is 9.54. The van der Waals surface area contributed by atoms with Crippen LogP contribution in [0.25, 0.3) is 10.9 Å². The van der Waals surface area contributed by atoms with Crippen molar-refractivity contribution in [2.75, 3.05) is 26.2 Å². The Hall–Kier alpha value is -2.87. The van der Waals surface area contributed by atoms with E-state index in [9.17, 15) is 13.6 Å². The standard InChI is InChI=1S/C30H38F2N4O2/c1-30(31,32)20-38-29-10-9-23-12-15-36(16-13-26(23)33-29)14-11-21-3-5-22(6-4-21)17-28(37)24-7-8-25-19-35(2)34-27(25)18-24/h7-10,18-19,21-22H,3-6,11-17,20H2,1-2H3. The van der Waals surface area contributed by atoms with Crippen LogP contribution in [0.15, 0.2) is 36.5 Å². The third-order valence-electron chi connectivity index (χ3n) is 8.12. The van der Waals surface area contributed by atoms with Gasteiger partial charge in [0.2, 0.25) is 5.88 Å². The van der Waals surface area contributed by atoms with E-state index >= 15 is 0 Å². The summed E-state index contributed by atoms with van der Waals surface area (Å²) in [5.74, 6) is -1.16. The maximum Gasteiger partial charge on any atom is 0.278 e. The summed E-state index contributed by atoms with van der Waals surface area (Å²) in [6.07, 6.45) is 10.1. The van der Waals surface area contributed by atoms with Gasteiger partial charge in [0.15, 0.2) is 12.4 Å². The summed E-state index contributed by atoms with van der Waals surface area (Å²) in [5, 5.41) is 5.50. The highest BCUT2D eigenvalue weighted by Gasteiger charge is 2.25. The van der Waals surface area contributed by atoms with Gasteiger partial charge in [-0.1, -0.05) is 31.0 Å². The number of hydrogen-bond donors (Lipinski definition) is 0. The van der Waals surface area contributed by atoms with E-state index in [4.69, 9.17) is 4.74 Å².